The van der Waals surface area contributed by atoms with Crippen molar-refractivity contribution >= 4 is 6.09 Å². The lowest BCUT2D eigenvalue weighted by Gasteiger charge is -2.26. The van der Waals surface area contributed by atoms with Gasteiger partial charge in [0.2, 0.25) is 0 Å². The monoisotopic (exact) mass is 263 g/mol. The lowest BCUT2D eigenvalue weighted by Crippen LogP contribution is -2.24. The van der Waals surface area contributed by atoms with Gasteiger partial charge in [-0.1, -0.05) is 53.7 Å². The molecule has 0 aliphatic rings. The minimum Gasteiger partial charge on any atom is -0.410 e. The highest BCUT2D eigenvalue weighted by atomic mass is 16.6. The Morgan fingerprint density at radius 3 is 2.05 bits per heavy atom. The van der Waals surface area contributed by atoms with E-state index in [1.165, 1.54) is 5.56 Å². The zero-order valence-corrected chi connectivity index (χ0v) is 13.0. The number of nitrogens with one attached hydrogen (secondary N) is 1. The maximum Gasteiger partial charge on any atom is 0.412 e. The van der Waals surface area contributed by atoms with Crippen LogP contribution in [0.1, 0.15) is 52.7 Å². The highest BCUT2D eigenvalue weighted by Crippen LogP contribution is 2.35. The van der Waals surface area contributed by atoms with E-state index in [2.05, 4.69) is 52.9 Å². The standard InChI is InChI=1S/C16H25NO2/c1-15(2,3)11-8-9-13(19-14(18)17-7)12(10-11)16(4,5)6/h8-10H,1-7H3,(H,17,18). The number of rotatable bonds is 1. The van der Waals surface area contributed by atoms with E-state index in [9.17, 15) is 4.79 Å². The summed E-state index contributed by atoms with van der Waals surface area (Å²) in [4.78, 5) is 11.4. The Morgan fingerprint density at radius 1 is 1.05 bits per heavy atom. The molecule has 106 valence electrons. The molecule has 1 amide bonds. The average molecular weight is 263 g/mol. The molecule has 0 aliphatic heterocycles. The fourth-order valence-electron chi connectivity index (χ4n) is 1.82. The van der Waals surface area contributed by atoms with E-state index in [4.69, 9.17) is 4.74 Å². The number of hydrogen-bond donors (Lipinski definition) is 1. The summed E-state index contributed by atoms with van der Waals surface area (Å²) in [6.45, 7) is 12.9. The first kappa shape index (κ1) is 15.5. The normalized spacial score (nSPS) is 12.2. The van der Waals surface area contributed by atoms with E-state index in [-0.39, 0.29) is 10.8 Å². The van der Waals surface area contributed by atoms with E-state index in [1.54, 1.807) is 7.05 Å². The molecule has 0 radical (unpaired) electrons. The van der Waals surface area contributed by atoms with Gasteiger partial charge >= 0.3 is 6.09 Å². The fourth-order valence-corrected chi connectivity index (χ4v) is 1.82. The van der Waals surface area contributed by atoms with Crippen molar-refractivity contribution in [3.05, 3.63) is 29.3 Å². The summed E-state index contributed by atoms with van der Waals surface area (Å²) >= 11 is 0. The molecule has 0 heterocycles. The average Bonchev–Trinajstić information content (AvgIpc) is 2.26. The van der Waals surface area contributed by atoms with E-state index in [1.807, 2.05) is 12.1 Å². The molecule has 0 atom stereocenters. The van der Waals surface area contributed by atoms with E-state index < -0.39 is 6.09 Å². The van der Waals surface area contributed by atoms with Gasteiger partial charge in [-0.05, 0) is 22.5 Å². The van der Waals surface area contributed by atoms with Crippen LogP contribution in [0.5, 0.6) is 5.75 Å². The molecule has 0 saturated heterocycles. The van der Waals surface area contributed by atoms with Gasteiger partial charge in [-0.15, -0.1) is 0 Å². The van der Waals surface area contributed by atoms with Gasteiger partial charge in [0.05, 0.1) is 0 Å². The van der Waals surface area contributed by atoms with Gasteiger partial charge in [0.1, 0.15) is 5.75 Å². The molecule has 3 heteroatoms. The first-order chi connectivity index (χ1) is 8.55. The molecule has 19 heavy (non-hydrogen) atoms. The van der Waals surface area contributed by atoms with Crippen LogP contribution in [0.25, 0.3) is 0 Å². The highest BCUT2D eigenvalue weighted by molar-refractivity contribution is 5.70. The summed E-state index contributed by atoms with van der Waals surface area (Å²) in [5.74, 6) is 0.625. The Morgan fingerprint density at radius 2 is 1.63 bits per heavy atom. The SMILES string of the molecule is CNC(=O)Oc1ccc(C(C)(C)C)cc1C(C)(C)C. The Bertz CT molecular complexity index is 465. The Kier molecular flexibility index (Phi) is 4.28. The first-order valence-electron chi connectivity index (χ1n) is 6.60. The fraction of sp³-hybridized carbons (Fsp3) is 0.562. The molecule has 0 aliphatic carbocycles. The number of hydrogen-bond acceptors (Lipinski definition) is 2. The molecule has 0 saturated carbocycles. The van der Waals surface area contributed by atoms with Gasteiger partial charge in [-0.25, -0.2) is 4.79 Å². The summed E-state index contributed by atoms with van der Waals surface area (Å²) < 4.78 is 5.34. The summed E-state index contributed by atoms with van der Waals surface area (Å²) in [5, 5.41) is 2.48. The van der Waals surface area contributed by atoms with E-state index in [0.717, 1.165) is 5.56 Å². The van der Waals surface area contributed by atoms with Crippen LogP contribution < -0.4 is 10.1 Å². The second kappa shape index (κ2) is 5.24. The van der Waals surface area contributed by atoms with Crippen LogP contribution >= 0.6 is 0 Å². The van der Waals surface area contributed by atoms with Crippen molar-refractivity contribution < 1.29 is 9.53 Å². The van der Waals surface area contributed by atoms with E-state index >= 15 is 0 Å². The van der Waals surface area contributed by atoms with Crippen LogP contribution in [-0.2, 0) is 10.8 Å². The predicted molar refractivity (Wildman–Crippen MR) is 78.9 cm³/mol. The predicted octanol–water partition coefficient (Wildman–Crippen LogP) is 4.00. The van der Waals surface area contributed by atoms with Gasteiger partial charge in [0.15, 0.2) is 0 Å². The molecule has 1 N–H and O–H groups in total. The number of ether oxygens (including phenoxy) is 1. The van der Waals surface area contributed by atoms with E-state index in [0.29, 0.717) is 5.75 Å². The second-order valence-electron chi connectivity index (χ2n) is 6.85. The van der Waals surface area contributed by atoms with Gasteiger partial charge < -0.3 is 10.1 Å². The summed E-state index contributed by atoms with van der Waals surface area (Å²) in [7, 11) is 1.56. The van der Waals surface area contributed by atoms with Crippen LogP contribution in [-0.4, -0.2) is 13.1 Å². The van der Waals surface area contributed by atoms with Gasteiger partial charge in [0.25, 0.3) is 0 Å². The van der Waals surface area contributed by atoms with Crippen LogP contribution in [0.4, 0.5) is 4.79 Å². The molecule has 0 spiro atoms. The van der Waals surface area contributed by atoms with Gasteiger partial charge in [-0.3, -0.25) is 0 Å². The minimum atomic E-state index is -0.436. The Hall–Kier alpha value is -1.51. The smallest absolute Gasteiger partial charge is 0.410 e. The van der Waals surface area contributed by atoms with Crippen LogP contribution in [0.15, 0.2) is 18.2 Å². The van der Waals surface area contributed by atoms with Gasteiger partial charge in [0, 0.05) is 12.6 Å². The third-order valence-electron chi connectivity index (χ3n) is 3.06. The molecule has 1 rings (SSSR count). The molecular weight excluding hydrogens is 238 g/mol. The largest absolute Gasteiger partial charge is 0.412 e. The van der Waals surface area contributed by atoms with Crippen molar-refractivity contribution in [1.29, 1.82) is 0 Å². The quantitative estimate of drug-likeness (QED) is 0.831. The van der Waals surface area contributed by atoms with Crippen LogP contribution in [0.2, 0.25) is 0 Å². The minimum absolute atomic E-state index is 0.0749. The highest BCUT2D eigenvalue weighted by Gasteiger charge is 2.23. The van der Waals surface area contributed by atoms with Gasteiger partial charge in [-0.2, -0.15) is 0 Å². The van der Waals surface area contributed by atoms with Crippen molar-refractivity contribution in [1.82, 2.24) is 5.32 Å². The molecule has 0 bridgehead atoms. The molecule has 3 nitrogen and oxygen atoms in total. The Balaban J connectivity index is 3.29. The maximum absolute atomic E-state index is 11.4. The third kappa shape index (κ3) is 3.98. The zero-order chi connectivity index (χ0) is 14.8. The van der Waals surface area contributed by atoms with Crippen molar-refractivity contribution in [2.75, 3.05) is 7.05 Å². The molecular formula is C16H25NO2. The summed E-state index contributed by atoms with van der Waals surface area (Å²) in [6, 6.07) is 6.04. The van der Waals surface area contributed by atoms with Crippen LogP contribution in [0, 0.1) is 0 Å². The lowest BCUT2D eigenvalue weighted by atomic mass is 9.80. The summed E-state index contributed by atoms with van der Waals surface area (Å²) in [6.07, 6.45) is -0.436. The topological polar surface area (TPSA) is 38.3 Å². The molecule has 0 unspecified atom stereocenters. The number of benzene rings is 1. The summed E-state index contributed by atoms with van der Waals surface area (Å²) in [5.41, 5.74) is 2.28. The zero-order valence-electron chi connectivity index (χ0n) is 13.0. The maximum atomic E-state index is 11.4. The van der Waals surface area contributed by atoms with Crippen LogP contribution in [0.3, 0.4) is 0 Å². The van der Waals surface area contributed by atoms with Crippen molar-refractivity contribution in [3.8, 4) is 5.75 Å². The van der Waals surface area contributed by atoms with Crippen molar-refractivity contribution in [3.63, 3.8) is 0 Å². The molecule has 0 aromatic heterocycles. The van der Waals surface area contributed by atoms with Crippen molar-refractivity contribution in [2.45, 2.75) is 52.4 Å². The third-order valence-corrected chi connectivity index (χ3v) is 3.06. The molecule has 1 aromatic rings. The number of carbonyl (C=O) groups excluding carboxylic acids is 1. The molecule has 1 aromatic carbocycles. The number of amides is 1. The number of carbonyl (C=O) groups is 1. The Labute approximate surface area is 116 Å². The lowest BCUT2D eigenvalue weighted by molar-refractivity contribution is 0.202. The molecule has 0 fully saturated rings. The first-order valence-corrected chi connectivity index (χ1v) is 6.60. The van der Waals surface area contributed by atoms with Crippen molar-refractivity contribution in [2.24, 2.45) is 0 Å². The second-order valence-corrected chi connectivity index (χ2v) is 6.85.